The second-order valence-electron chi connectivity index (χ2n) is 3.57. The lowest BCUT2D eigenvalue weighted by Crippen LogP contribution is -2.46. The van der Waals surface area contributed by atoms with Gasteiger partial charge in [-0.25, -0.2) is 0 Å². The molecule has 0 saturated carbocycles. The summed E-state index contributed by atoms with van der Waals surface area (Å²) in [4.78, 5) is 0. The van der Waals surface area contributed by atoms with E-state index in [2.05, 4.69) is 0 Å². The molecule has 0 fully saturated rings. The summed E-state index contributed by atoms with van der Waals surface area (Å²) < 4.78 is 59.8. The predicted octanol–water partition coefficient (Wildman–Crippen LogP) is -0.256. The van der Waals surface area contributed by atoms with Gasteiger partial charge in [-0.3, -0.25) is 0 Å². The van der Waals surface area contributed by atoms with E-state index < -0.39 is 28.5 Å². The van der Waals surface area contributed by atoms with E-state index in [9.17, 15) is 21.6 Å². The van der Waals surface area contributed by atoms with Crippen molar-refractivity contribution >= 4 is 10.2 Å². The van der Waals surface area contributed by atoms with Gasteiger partial charge in [-0.2, -0.15) is 31.0 Å². The fourth-order valence-electron chi connectivity index (χ4n) is 0.499. The SMILES string of the molecule is CC(C)(O)CNS(=O)(=O)NCC(F)(F)F. The molecule has 0 aliphatic rings. The normalized spacial score (nSPS) is 14.3. The van der Waals surface area contributed by atoms with Gasteiger partial charge < -0.3 is 5.11 Å². The molecule has 0 aliphatic carbocycles. The van der Waals surface area contributed by atoms with Crippen molar-refractivity contribution in [2.45, 2.75) is 25.6 Å². The number of nitrogens with one attached hydrogen (secondary N) is 2. The average Bonchev–Trinajstić information content (AvgIpc) is 1.96. The van der Waals surface area contributed by atoms with Gasteiger partial charge in [-0.15, -0.1) is 0 Å². The van der Waals surface area contributed by atoms with Crippen LogP contribution in [-0.4, -0.2) is 38.4 Å². The lowest BCUT2D eigenvalue weighted by Gasteiger charge is -2.18. The summed E-state index contributed by atoms with van der Waals surface area (Å²) in [5, 5.41) is 9.13. The van der Waals surface area contributed by atoms with E-state index >= 15 is 0 Å². The number of hydrogen-bond donors (Lipinski definition) is 3. The van der Waals surface area contributed by atoms with Crippen molar-refractivity contribution in [2.24, 2.45) is 0 Å². The smallest absolute Gasteiger partial charge is 0.389 e. The molecule has 0 heterocycles. The zero-order chi connectivity index (χ0) is 12.3. The minimum atomic E-state index is -4.61. The minimum Gasteiger partial charge on any atom is -0.389 e. The average molecular weight is 250 g/mol. The summed E-state index contributed by atoms with van der Waals surface area (Å²) in [6.07, 6.45) is -4.61. The molecule has 0 amide bonds. The molecule has 9 heteroatoms. The van der Waals surface area contributed by atoms with Crippen molar-refractivity contribution in [1.82, 2.24) is 9.44 Å². The first-order chi connectivity index (χ1) is 6.41. The topological polar surface area (TPSA) is 78.4 Å². The van der Waals surface area contributed by atoms with Gasteiger partial charge in [-0.05, 0) is 13.8 Å². The molecule has 0 radical (unpaired) electrons. The van der Waals surface area contributed by atoms with Gasteiger partial charge in [0.25, 0.3) is 10.2 Å². The van der Waals surface area contributed by atoms with Crippen molar-refractivity contribution < 1.29 is 26.7 Å². The van der Waals surface area contributed by atoms with E-state index in [1.54, 1.807) is 4.72 Å². The second-order valence-corrected chi connectivity index (χ2v) is 5.16. The van der Waals surface area contributed by atoms with Gasteiger partial charge in [-0.1, -0.05) is 0 Å². The molecule has 0 saturated heterocycles. The Labute approximate surface area is 85.9 Å². The van der Waals surface area contributed by atoms with Crippen LogP contribution in [0.3, 0.4) is 0 Å². The molecule has 0 aliphatic heterocycles. The lowest BCUT2D eigenvalue weighted by atomic mass is 10.1. The van der Waals surface area contributed by atoms with Gasteiger partial charge in [0.2, 0.25) is 0 Å². The number of halogens is 3. The summed E-state index contributed by atoms with van der Waals surface area (Å²) in [6.45, 7) is 0.618. The first kappa shape index (κ1) is 14.6. The van der Waals surface area contributed by atoms with Crippen LogP contribution in [0.15, 0.2) is 0 Å². The third kappa shape index (κ3) is 9.91. The van der Waals surface area contributed by atoms with Gasteiger partial charge >= 0.3 is 6.18 Å². The molecule has 15 heavy (non-hydrogen) atoms. The maximum atomic E-state index is 11.7. The molecule has 0 aromatic carbocycles. The Morgan fingerprint density at radius 3 is 1.87 bits per heavy atom. The third-order valence-electron chi connectivity index (χ3n) is 1.16. The first-order valence-electron chi connectivity index (χ1n) is 3.95. The van der Waals surface area contributed by atoms with Gasteiger partial charge in [0.05, 0.1) is 5.60 Å². The molecule has 5 nitrogen and oxygen atoms in total. The number of rotatable bonds is 5. The van der Waals surface area contributed by atoms with E-state index in [0.29, 0.717) is 0 Å². The Kier molecular flexibility index (Phi) is 4.52. The van der Waals surface area contributed by atoms with E-state index in [-0.39, 0.29) is 6.54 Å². The van der Waals surface area contributed by atoms with Crippen molar-refractivity contribution in [3.05, 3.63) is 0 Å². The van der Waals surface area contributed by atoms with Gasteiger partial charge in [0.1, 0.15) is 6.54 Å². The van der Waals surface area contributed by atoms with E-state index in [4.69, 9.17) is 5.11 Å². The highest BCUT2D eigenvalue weighted by molar-refractivity contribution is 7.87. The van der Waals surface area contributed by atoms with Crippen molar-refractivity contribution in [1.29, 1.82) is 0 Å². The number of alkyl halides is 3. The molecular formula is C6H13F3N2O3S. The van der Waals surface area contributed by atoms with Crippen molar-refractivity contribution in [3.8, 4) is 0 Å². The Hall–Kier alpha value is -0.380. The highest BCUT2D eigenvalue weighted by Gasteiger charge is 2.29. The van der Waals surface area contributed by atoms with Crippen LogP contribution in [0.2, 0.25) is 0 Å². The highest BCUT2D eigenvalue weighted by Crippen LogP contribution is 2.12. The van der Waals surface area contributed by atoms with Crippen LogP contribution in [0.4, 0.5) is 13.2 Å². The lowest BCUT2D eigenvalue weighted by molar-refractivity contribution is -0.121. The van der Waals surface area contributed by atoms with E-state index in [1.165, 1.54) is 18.6 Å². The van der Waals surface area contributed by atoms with Gasteiger partial charge in [0, 0.05) is 6.54 Å². The zero-order valence-electron chi connectivity index (χ0n) is 8.22. The standard InChI is InChI=1S/C6H13F3N2O3S/c1-5(2,12)3-10-15(13,14)11-4-6(7,8)9/h10-12H,3-4H2,1-2H3. The van der Waals surface area contributed by atoms with Crippen LogP contribution in [0, 0.1) is 0 Å². The van der Waals surface area contributed by atoms with E-state index in [1.807, 2.05) is 0 Å². The summed E-state index contributed by atoms with van der Waals surface area (Å²) in [5.41, 5.74) is -1.33. The van der Waals surface area contributed by atoms with Crippen LogP contribution in [0.5, 0.6) is 0 Å². The predicted molar refractivity (Wildman–Crippen MR) is 47.3 cm³/mol. The minimum absolute atomic E-state index is 0.375. The Morgan fingerprint density at radius 2 is 1.53 bits per heavy atom. The highest BCUT2D eigenvalue weighted by atomic mass is 32.2. The monoisotopic (exact) mass is 250 g/mol. The Morgan fingerprint density at radius 1 is 1.13 bits per heavy atom. The van der Waals surface area contributed by atoms with E-state index in [0.717, 1.165) is 0 Å². The van der Waals surface area contributed by atoms with Crippen LogP contribution in [0.25, 0.3) is 0 Å². The zero-order valence-corrected chi connectivity index (χ0v) is 9.04. The molecular weight excluding hydrogens is 237 g/mol. The first-order valence-corrected chi connectivity index (χ1v) is 5.43. The van der Waals surface area contributed by atoms with Crippen LogP contribution >= 0.6 is 0 Å². The third-order valence-corrected chi connectivity index (χ3v) is 2.21. The summed E-state index contributed by atoms with van der Waals surface area (Å²) in [5.74, 6) is 0. The maximum absolute atomic E-state index is 11.7. The summed E-state index contributed by atoms with van der Waals surface area (Å²) in [6, 6.07) is 0. The molecule has 92 valence electrons. The molecule has 0 aromatic heterocycles. The fraction of sp³-hybridized carbons (Fsp3) is 1.00. The Balaban J connectivity index is 4.11. The van der Waals surface area contributed by atoms with Crippen molar-refractivity contribution in [3.63, 3.8) is 0 Å². The van der Waals surface area contributed by atoms with Crippen LogP contribution in [-0.2, 0) is 10.2 Å². The molecule has 0 rings (SSSR count). The molecule has 0 atom stereocenters. The fourth-order valence-corrected chi connectivity index (χ4v) is 1.50. The summed E-state index contributed by atoms with van der Waals surface area (Å²) >= 11 is 0. The number of hydrogen-bond acceptors (Lipinski definition) is 3. The molecule has 0 aromatic rings. The largest absolute Gasteiger partial charge is 0.402 e. The molecule has 3 N–H and O–H groups in total. The number of aliphatic hydroxyl groups is 1. The van der Waals surface area contributed by atoms with Crippen LogP contribution in [0.1, 0.15) is 13.8 Å². The molecule has 0 spiro atoms. The molecule has 0 bridgehead atoms. The van der Waals surface area contributed by atoms with Crippen LogP contribution < -0.4 is 9.44 Å². The summed E-state index contributed by atoms with van der Waals surface area (Å²) in [7, 11) is -4.23. The second kappa shape index (κ2) is 4.64. The quantitative estimate of drug-likeness (QED) is 0.629. The van der Waals surface area contributed by atoms with Crippen molar-refractivity contribution in [2.75, 3.05) is 13.1 Å². The maximum Gasteiger partial charge on any atom is 0.402 e. The van der Waals surface area contributed by atoms with Gasteiger partial charge in [0.15, 0.2) is 0 Å². The Bertz CT molecular complexity index is 270. The molecule has 0 unspecified atom stereocenters.